The molecule has 14 nitrogen and oxygen atoms in total. The Bertz CT molecular complexity index is 1520. The Morgan fingerprint density at radius 1 is 1.02 bits per heavy atom. The van der Waals surface area contributed by atoms with Crippen molar-refractivity contribution < 1.29 is 24.2 Å². The Kier molecular flexibility index (Phi) is 8.23. The van der Waals surface area contributed by atoms with Crippen molar-refractivity contribution in [3.8, 4) is 0 Å². The van der Waals surface area contributed by atoms with E-state index in [9.17, 15) is 34.6 Å². The summed E-state index contributed by atoms with van der Waals surface area (Å²) < 4.78 is 0. The van der Waals surface area contributed by atoms with E-state index < -0.39 is 20.5 Å². The van der Waals surface area contributed by atoms with Crippen LogP contribution in [0.1, 0.15) is 41.0 Å². The van der Waals surface area contributed by atoms with Gasteiger partial charge in [0.15, 0.2) is 0 Å². The van der Waals surface area contributed by atoms with Gasteiger partial charge < -0.3 is 10.2 Å². The Balaban J connectivity index is 1.51. The molecule has 0 unspecified atom stereocenters. The number of azo groups is 1. The highest BCUT2D eigenvalue weighted by molar-refractivity contribution is 7.19. The number of rotatable bonds is 11. The number of hydrogen-bond donors (Lipinski definition) is 1. The number of nitrogens with zero attached hydrogens (tertiary/aromatic N) is 6. The van der Waals surface area contributed by atoms with Gasteiger partial charge in [0.1, 0.15) is 11.8 Å². The van der Waals surface area contributed by atoms with Crippen molar-refractivity contribution in [1.82, 2.24) is 4.90 Å². The molecule has 0 saturated heterocycles. The number of benzene rings is 2. The average molecular weight is 566 g/mol. The lowest BCUT2D eigenvalue weighted by atomic mass is 10.1. The molecular weight excluding hydrogens is 542 g/mol. The highest BCUT2D eigenvalue weighted by atomic mass is 32.1. The molecule has 0 radical (unpaired) electrons. The van der Waals surface area contributed by atoms with Gasteiger partial charge in [-0.25, -0.2) is 0 Å². The molecule has 2 aromatic carbocycles. The van der Waals surface area contributed by atoms with Gasteiger partial charge >= 0.3 is 10.7 Å². The van der Waals surface area contributed by atoms with Crippen LogP contribution >= 0.6 is 11.3 Å². The zero-order valence-electron chi connectivity index (χ0n) is 21.4. The molecule has 0 fully saturated rings. The van der Waals surface area contributed by atoms with Crippen molar-refractivity contribution in [1.29, 1.82) is 0 Å². The Morgan fingerprint density at radius 2 is 1.70 bits per heavy atom. The van der Waals surface area contributed by atoms with Gasteiger partial charge in [-0.2, -0.15) is 0 Å². The Morgan fingerprint density at radius 3 is 2.27 bits per heavy atom. The number of amides is 3. The van der Waals surface area contributed by atoms with E-state index in [1.165, 1.54) is 11.8 Å². The molecule has 15 heteroatoms. The number of hydrogen-bond acceptors (Lipinski definition) is 11. The van der Waals surface area contributed by atoms with Gasteiger partial charge in [0, 0.05) is 32.2 Å². The molecule has 0 atom stereocenters. The molecule has 0 spiro atoms. The first-order chi connectivity index (χ1) is 19.1. The summed E-state index contributed by atoms with van der Waals surface area (Å²) in [5.41, 5.74) is 1.42. The predicted molar refractivity (Wildman–Crippen MR) is 147 cm³/mol. The number of fused-ring (bicyclic) bond motifs is 1. The van der Waals surface area contributed by atoms with Crippen molar-refractivity contribution in [2.75, 3.05) is 29.9 Å². The molecule has 1 aliphatic rings. The molecule has 40 heavy (non-hydrogen) atoms. The van der Waals surface area contributed by atoms with Crippen LogP contribution in [0.15, 0.2) is 58.8 Å². The molecule has 2 heterocycles. The predicted octanol–water partition coefficient (Wildman–Crippen LogP) is 5.45. The van der Waals surface area contributed by atoms with E-state index in [1.807, 2.05) is 11.8 Å². The van der Waals surface area contributed by atoms with Gasteiger partial charge in [-0.15, -0.1) is 10.2 Å². The van der Waals surface area contributed by atoms with E-state index in [4.69, 9.17) is 0 Å². The van der Waals surface area contributed by atoms with Crippen LogP contribution in [-0.4, -0.2) is 52.1 Å². The molecule has 206 valence electrons. The first kappa shape index (κ1) is 28.0. The van der Waals surface area contributed by atoms with Crippen LogP contribution in [0.25, 0.3) is 0 Å². The molecule has 1 aromatic heterocycles. The molecule has 1 aliphatic heterocycles. The fraction of sp³-hybridized carbons (Fsp3) is 0.240. The third-order valence-electron chi connectivity index (χ3n) is 6.03. The summed E-state index contributed by atoms with van der Waals surface area (Å²) in [6, 6.07) is 12.5. The minimum atomic E-state index is -0.781. The molecule has 3 aromatic rings. The third-order valence-corrected chi connectivity index (χ3v) is 6.99. The van der Waals surface area contributed by atoms with Gasteiger partial charge in [0.05, 0.1) is 26.7 Å². The summed E-state index contributed by atoms with van der Waals surface area (Å²) >= 11 is 0.514. The maximum atomic E-state index is 12.6. The number of carbonyl (C=O) groups is 3. The maximum Gasteiger partial charge on any atom is 0.333 e. The normalized spacial score (nSPS) is 12.6. The van der Waals surface area contributed by atoms with Crippen LogP contribution in [-0.2, 0) is 4.79 Å². The van der Waals surface area contributed by atoms with E-state index in [0.29, 0.717) is 47.7 Å². The van der Waals surface area contributed by atoms with E-state index in [2.05, 4.69) is 15.5 Å². The van der Waals surface area contributed by atoms with Crippen LogP contribution in [0.4, 0.5) is 32.8 Å². The first-order valence-electron chi connectivity index (χ1n) is 12.1. The largest absolute Gasteiger partial charge is 0.372 e. The monoisotopic (exact) mass is 565 g/mol. The second-order valence-electron chi connectivity index (χ2n) is 8.61. The lowest BCUT2D eigenvalue weighted by molar-refractivity contribution is -0.389. The van der Waals surface area contributed by atoms with Gasteiger partial charge in [0.25, 0.3) is 11.8 Å². The highest BCUT2D eigenvalue weighted by Crippen LogP contribution is 2.42. The number of nitrogens with one attached hydrogen (secondary N) is 1. The first-order valence-corrected chi connectivity index (χ1v) is 12.9. The second kappa shape index (κ2) is 11.8. The average Bonchev–Trinajstić information content (AvgIpc) is 3.46. The van der Waals surface area contributed by atoms with Gasteiger partial charge in [-0.3, -0.25) is 39.5 Å². The van der Waals surface area contributed by atoms with Crippen molar-refractivity contribution in [3.63, 3.8) is 0 Å². The van der Waals surface area contributed by atoms with Gasteiger partial charge in [-0.1, -0.05) is 12.1 Å². The molecule has 0 bridgehead atoms. The van der Waals surface area contributed by atoms with Crippen molar-refractivity contribution in [2.24, 2.45) is 10.2 Å². The summed E-state index contributed by atoms with van der Waals surface area (Å²) in [7, 11) is 0. The van der Waals surface area contributed by atoms with Crippen LogP contribution in [0.2, 0.25) is 0 Å². The minimum absolute atomic E-state index is 0.186. The summed E-state index contributed by atoms with van der Waals surface area (Å²) in [5.74, 6) is -1.02. The maximum absolute atomic E-state index is 12.6. The Hall–Kier alpha value is -5.05. The van der Waals surface area contributed by atoms with Gasteiger partial charge in [-0.05, 0) is 55.0 Å². The molecule has 0 aliphatic carbocycles. The number of anilines is 2. The Labute approximate surface area is 231 Å². The third kappa shape index (κ3) is 5.83. The molecular formula is C25H23N7O7S. The summed E-state index contributed by atoms with van der Waals surface area (Å²) in [6.07, 6.45) is 0.497. The van der Waals surface area contributed by atoms with Crippen molar-refractivity contribution in [2.45, 2.75) is 20.3 Å². The highest BCUT2D eigenvalue weighted by Gasteiger charge is 2.34. The van der Waals surface area contributed by atoms with E-state index >= 15 is 0 Å². The molecule has 4 rings (SSSR count). The summed E-state index contributed by atoms with van der Waals surface area (Å²) in [5, 5.41) is 32.1. The second-order valence-corrected chi connectivity index (χ2v) is 9.62. The smallest absolute Gasteiger partial charge is 0.333 e. The zero-order valence-corrected chi connectivity index (χ0v) is 22.2. The fourth-order valence-corrected chi connectivity index (χ4v) is 4.94. The van der Waals surface area contributed by atoms with Crippen LogP contribution < -0.4 is 10.2 Å². The quantitative estimate of drug-likeness (QED) is 0.138. The fourth-order valence-electron chi connectivity index (χ4n) is 4.18. The number of carbonyl (C=O) groups excluding carboxylic acids is 3. The molecule has 3 amide bonds. The number of imide groups is 1. The van der Waals surface area contributed by atoms with E-state index in [-0.39, 0.29) is 40.6 Å². The van der Waals surface area contributed by atoms with E-state index in [0.717, 1.165) is 6.07 Å². The number of thiophene rings is 1. The van der Waals surface area contributed by atoms with Crippen molar-refractivity contribution >= 4 is 61.8 Å². The van der Waals surface area contributed by atoms with Gasteiger partial charge in [0.2, 0.25) is 10.9 Å². The SMILES string of the molecule is CCN(CCCN1C(=O)c2ccccc2C1=O)c1ccc(N=Nc2sc([N+](=O)[O-])cc2[N+](=O)[O-])c(NC(C)=O)c1. The van der Waals surface area contributed by atoms with Crippen LogP contribution in [0.5, 0.6) is 0 Å². The van der Waals surface area contributed by atoms with Crippen molar-refractivity contribution in [3.05, 3.63) is 79.9 Å². The summed E-state index contributed by atoms with van der Waals surface area (Å²) in [6.45, 7) is 4.54. The molecule has 1 N–H and O–H groups in total. The van der Waals surface area contributed by atoms with Crippen LogP contribution in [0.3, 0.4) is 0 Å². The van der Waals surface area contributed by atoms with Crippen LogP contribution in [0, 0.1) is 20.2 Å². The minimum Gasteiger partial charge on any atom is -0.372 e. The lowest BCUT2D eigenvalue weighted by Crippen LogP contribution is -2.33. The standard InChI is InChI=1S/C25H23N7O7S/c1-3-29(11-6-12-30-24(34)17-7-4-5-8-18(17)25(30)35)16-9-10-19(20(13-16)26-15(2)33)27-28-23-21(31(36)37)14-22(40-23)32(38)39/h4-5,7-10,13-14H,3,6,11-12H2,1-2H3,(H,26,33). The molecule has 0 saturated carbocycles. The summed E-state index contributed by atoms with van der Waals surface area (Å²) in [4.78, 5) is 61.1. The zero-order chi connectivity index (χ0) is 29.0. The number of nitro groups is 2. The lowest BCUT2D eigenvalue weighted by Gasteiger charge is -2.25. The van der Waals surface area contributed by atoms with E-state index in [1.54, 1.807) is 42.5 Å². The topological polar surface area (TPSA) is 181 Å².